The number of phosphoric acid groups is 2. The SMILES string of the molecule is CCCCCCCCCC(=O)OC[C@H](COP(=O)(O)OC[C@H](O)COP(=O)(O)OC[C@@H](COC(=O)CCCCCCCCCCC(C)CC)OC(=O)CCCCCCCCCCCC(C)C)OC(=O)CCCCCCCCCCC(C)C. The quantitative estimate of drug-likeness (QED) is 0.0222. The molecule has 3 N–H and O–H groups in total. The van der Waals surface area contributed by atoms with E-state index in [-0.39, 0.29) is 25.7 Å². The summed E-state index contributed by atoms with van der Waals surface area (Å²) in [5.41, 5.74) is 0. The molecule has 0 amide bonds. The van der Waals surface area contributed by atoms with Crippen LogP contribution in [0.1, 0.15) is 305 Å². The minimum atomic E-state index is -4.94. The summed E-state index contributed by atoms with van der Waals surface area (Å²) in [6.45, 7) is 11.7. The lowest BCUT2D eigenvalue weighted by molar-refractivity contribution is -0.161. The Hall–Kier alpha value is -1.94. The molecule has 0 aromatic heterocycles. The Bertz CT molecular complexity index is 1630. The van der Waals surface area contributed by atoms with Crippen molar-refractivity contribution in [1.29, 1.82) is 0 Å². The monoisotopic (exact) mass is 1210 g/mol. The lowest BCUT2D eigenvalue weighted by Crippen LogP contribution is -2.30. The van der Waals surface area contributed by atoms with E-state index in [0.29, 0.717) is 25.7 Å². The van der Waals surface area contributed by atoms with E-state index < -0.39 is 97.5 Å². The fraction of sp³-hybridized carbons (Fsp3) is 0.937. The second kappa shape index (κ2) is 54.5. The average molecular weight is 1210 g/mol. The minimum absolute atomic E-state index is 0.104. The maximum absolute atomic E-state index is 13.0. The Labute approximate surface area is 498 Å². The maximum atomic E-state index is 13.0. The van der Waals surface area contributed by atoms with Crippen LogP contribution in [0.3, 0.4) is 0 Å². The van der Waals surface area contributed by atoms with Gasteiger partial charge in [0.2, 0.25) is 0 Å². The van der Waals surface area contributed by atoms with Gasteiger partial charge in [0, 0.05) is 25.7 Å². The van der Waals surface area contributed by atoms with Crippen molar-refractivity contribution in [2.75, 3.05) is 39.6 Å². The molecule has 0 fully saturated rings. The number of carbonyl (C=O) groups excluding carboxylic acids is 4. The molecule has 0 bridgehead atoms. The van der Waals surface area contributed by atoms with E-state index in [1.165, 1.54) is 103 Å². The third-order valence-electron chi connectivity index (χ3n) is 14.7. The van der Waals surface area contributed by atoms with Gasteiger partial charge in [0.1, 0.15) is 19.3 Å². The first-order valence-corrected chi connectivity index (χ1v) is 35.9. The first kappa shape index (κ1) is 80.1. The third-order valence-corrected chi connectivity index (χ3v) is 16.6. The van der Waals surface area contributed by atoms with E-state index in [4.69, 9.17) is 37.0 Å². The van der Waals surface area contributed by atoms with Gasteiger partial charge < -0.3 is 33.8 Å². The number of hydrogen-bond donors (Lipinski definition) is 3. The second-order valence-corrected chi connectivity index (χ2v) is 26.9. The highest BCUT2D eigenvalue weighted by Crippen LogP contribution is 2.45. The number of aliphatic hydroxyl groups is 1. The number of rotatable bonds is 61. The molecule has 0 saturated heterocycles. The number of hydrogen-bond acceptors (Lipinski definition) is 15. The molecule has 0 aliphatic rings. The van der Waals surface area contributed by atoms with E-state index in [1.807, 2.05) is 0 Å². The topological polar surface area (TPSA) is 237 Å². The lowest BCUT2D eigenvalue weighted by atomic mass is 9.99. The van der Waals surface area contributed by atoms with Crippen LogP contribution in [0.4, 0.5) is 0 Å². The number of aliphatic hydroxyl groups excluding tert-OH is 1. The van der Waals surface area contributed by atoms with Crippen molar-refractivity contribution in [2.24, 2.45) is 17.8 Å². The van der Waals surface area contributed by atoms with E-state index in [2.05, 4.69) is 48.5 Å². The lowest BCUT2D eigenvalue weighted by Gasteiger charge is -2.21. The van der Waals surface area contributed by atoms with Gasteiger partial charge in [-0.2, -0.15) is 0 Å². The Balaban J connectivity index is 5.23. The summed E-state index contributed by atoms with van der Waals surface area (Å²) in [4.78, 5) is 72.1. The zero-order chi connectivity index (χ0) is 61.0. The smallest absolute Gasteiger partial charge is 0.462 e. The van der Waals surface area contributed by atoms with Crippen LogP contribution in [0.15, 0.2) is 0 Å². The first-order chi connectivity index (χ1) is 39.3. The fourth-order valence-electron chi connectivity index (χ4n) is 9.27. The van der Waals surface area contributed by atoms with Crippen molar-refractivity contribution in [3.05, 3.63) is 0 Å². The molecule has 3 unspecified atom stereocenters. The summed E-state index contributed by atoms with van der Waals surface area (Å²) in [7, 11) is -9.88. The Morgan fingerprint density at radius 3 is 0.927 bits per heavy atom. The van der Waals surface area contributed by atoms with E-state index in [0.717, 1.165) is 120 Å². The molecule has 17 nitrogen and oxygen atoms in total. The summed E-state index contributed by atoms with van der Waals surface area (Å²) in [5, 5.41) is 10.5. The second-order valence-electron chi connectivity index (χ2n) is 24.0. The van der Waals surface area contributed by atoms with Crippen molar-refractivity contribution in [1.82, 2.24) is 0 Å². The average Bonchev–Trinajstić information content (AvgIpc) is 3.45. The summed E-state index contributed by atoms with van der Waals surface area (Å²) in [6, 6.07) is 0. The van der Waals surface area contributed by atoms with Crippen LogP contribution in [-0.2, 0) is 65.4 Å². The molecule has 0 rings (SSSR count). The first-order valence-electron chi connectivity index (χ1n) is 32.9. The van der Waals surface area contributed by atoms with Crippen molar-refractivity contribution >= 4 is 39.5 Å². The van der Waals surface area contributed by atoms with Crippen LogP contribution < -0.4 is 0 Å². The van der Waals surface area contributed by atoms with Crippen molar-refractivity contribution in [2.45, 2.75) is 324 Å². The molecule has 0 aromatic carbocycles. The highest BCUT2D eigenvalue weighted by molar-refractivity contribution is 7.47. The molecule has 0 spiro atoms. The number of carbonyl (C=O) groups is 4. The zero-order valence-electron chi connectivity index (χ0n) is 52.9. The molecule has 0 aliphatic carbocycles. The summed E-state index contributed by atoms with van der Waals surface area (Å²) < 4.78 is 67.9. The van der Waals surface area contributed by atoms with Gasteiger partial charge in [0.05, 0.1) is 26.4 Å². The van der Waals surface area contributed by atoms with Gasteiger partial charge in [-0.3, -0.25) is 37.3 Å². The molecule has 6 atom stereocenters. The van der Waals surface area contributed by atoms with Crippen LogP contribution in [0, 0.1) is 17.8 Å². The van der Waals surface area contributed by atoms with Crippen LogP contribution in [0.25, 0.3) is 0 Å². The molecule has 0 saturated carbocycles. The van der Waals surface area contributed by atoms with E-state index in [9.17, 15) is 43.2 Å². The number of unbranched alkanes of at least 4 members (excludes halogenated alkanes) is 28. The molecule has 0 aliphatic heterocycles. The summed E-state index contributed by atoms with van der Waals surface area (Å²) >= 11 is 0. The van der Waals surface area contributed by atoms with Crippen molar-refractivity contribution in [3.63, 3.8) is 0 Å². The van der Waals surface area contributed by atoms with Gasteiger partial charge in [0.15, 0.2) is 12.2 Å². The van der Waals surface area contributed by atoms with Gasteiger partial charge in [0.25, 0.3) is 0 Å². The number of phosphoric ester groups is 2. The largest absolute Gasteiger partial charge is 0.472 e. The van der Waals surface area contributed by atoms with Crippen LogP contribution in [-0.4, -0.2) is 96.7 Å². The van der Waals surface area contributed by atoms with Crippen molar-refractivity contribution < 1.29 is 80.2 Å². The standard InChI is InChI=1S/C63H122O17P2/c1-8-10-11-12-20-30-37-44-60(65)73-50-58(80-63(68)47-40-33-26-18-16-22-28-35-42-55(5)6)52-77-81(69,70)75-48-57(64)49-76-82(71,72)78-53-59(79-62(67)46-39-32-25-15-13-14-21-27-34-41-54(3)4)51-74-61(66)45-38-31-24-19-17-23-29-36-43-56(7)9-2/h54-59,64H,8-53H2,1-7H3,(H,69,70)(H,71,72)/t56?,57-,58+,59+/m0/s1. The van der Waals surface area contributed by atoms with Gasteiger partial charge in [-0.05, 0) is 43.4 Å². The Kier molecular flexibility index (Phi) is 53.2. The van der Waals surface area contributed by atoms with E-state index >= 15 is 0 Å². The molecular formula is C63H122O17P2. The van der Waals surface area contributed by atoms with E-state index in [1.54, 1.807) is 0 Å². The predicted octanol–water partition coefficient (Wildman–Crippen LogP) is 17.1. The molecule has 0 aromatic rings. The van der Waals surface area contributed by atoms with Crippen molar-refractivity contribution in [3.8, 4) is 0 Å². The Morgan fingerprint density at radius 1 is 0.354 bits per heavy atom. The zero-order valence-corrected chi connectivity index (χ0v) is 54.7. The molecule has 486 valence electrons. The molecular weight excluding hydrogens is 1090 g/mol. The molecule has 0 heterocycles. The molecule has 19 heteroatoms. The molecule has 82 heavy (non-hydrogen) atoms. The predicted molar refractivity (Wildman–Crippen MR) is 326 cm³/mol. The summed E-state index contributed by atoms with van der Waals surface area (Å²) in [6.07, 6.45) is 34.9. The van der Waals surface area contributed by atoms with Gasteiger partial charge in [-0.15, -0.1) is 0 Å². The Morgan fingerprint density at radius 2 is 0.622 bits per heavy atom. The highest BCUT2D eigenvalue weighted by atomic mass is 31.2. The van der Waals surface area contributed by atoms with Crippen LogP contribution in [0.2, 0.25) is 0 Å². The van der Waals surface area contributed by atoms with Crippen LogP contribution in [0.5, 0.6) is 0 Å². The highest BCUT2D eigenvalue weighted by Gasteiger charge is 2.30. The van der Waals surface area contributed by atoms with Gasteiger partial charge in [-0.25, -0.2) is 9.13 Å². The minimum Gasteiger partial charge on any atom is -0.462 e. The fourth-order valence-corrected chi connectivity index (χ4v) is 10.9. The van der Waals surface area contributed by atoms with Gasteiger partial charge >= 0.3 is 39.5 Å². The van der Waals surface area contributed by atoms with Crippen LogP contribution >= 0.6 is 15.6 Å². The molecule has 0 radical (unpaired) electrons. The normalized spacial score (nSPS) is 14.7. The summed E-state index contributed by atoms with van der Waals surface area (Å²) in [5.74, 6) is 0.0896. The van der Waals surface area contributed by atoms with Gasteiger partial charge in [-0.1, -0.05) is 254 Å². The third kappa shape index (κ3) is 55.9. The number of ether oxygens (including phenoxy) is 4. The maximum Gasteiger partial charge on any atom is 0.472 e. The number of esters is 4.